The van der Waals surface area contributed by atoms with Gasteiger partial charge < -0.3 is 20.3 Å². The highest BCUT2D eigenvalue weighted by atomic mass is 32.2. The molecule has 3 N–H and O–H groups in total. The molecule has 44 heavy (non-hydrogen) atoms. The monoisotopic (exact) mass is 627 g/mol. The summed E-state index contributed by atoms with van der Waals surface area (Å²) in [7, 11) is 0. The van der Waals surface area contributed by atoms with Crippen molar-refractivity contribution in [1.29, 1.82) is 0 Å². The summed E-state index contributed by atoms with van der Waals surface area (Å²) < 4.78 is 33.5. The number of rotatable bonds is 8. The number of benzene rings is 2. The molecule has 1 aliphatic heterocycles. The van der Waals surface area contributed by atoms with E-state index >= 15 is 0 Å². The highest BCUT2D eigenvalue weighted by Gasteiger charge is 2.38. The van der Waals surface area contributed by atoms with Crippen LogP contribution >= 0.6 is 11.8 Å². The van der Waals surface area contributed by atoms with Crippen molar-refractivity contribution in [1.82, 2.24) is 24.8 Å². The van der Waals surface area contributed by atoms with Crippen molar-refractivity contribution in [2.75, 3.05) is 13.1 Å². The molecule has 0 saturated heterocycles. The van der Waals surface area contributed by atoms with Crippen molar-refractivity contribution >= 4 is 34.5 Å². The predicted octanol–water partition coefficient (Wildman–Crippen LogP) is 5.06. The summed E-state index contributed by atoms with van der Waals surface area (Å²) in [5.41, 5.74) is 4.49. The first-order valence-electron chi connectivity index (χ1n) is 14.3. The maximum atomic E-state index is 13.7. The molecule has 0 unspecified atom stereocenters. The summed E-state index contributed by atoms with van der Waals surface area (Å²) in [4.78, 5) is 45.8. The molecule has 13 heteroatoms. The molecule has 232 valence electrons. The zero-order valence-corrected chi connectivity index (χ0v) is 24.6. The average Bonchev–Trinajstić information content (AvgIpc) is 3.40. The maximum absolute atomic E-state index is 13.7. The second kappa shape index (κ2) is 13.7. The fraction of sp³-hybridized carbons (Fsp3) is 0.355. The topological polar surface area (TPSA) is 120 Å². The Labute approximate surface area is 255 Å². The van der Waals surface area contributed by atoms with Crippen LogP contribution in [0.2, 0.25) is 0 Å². The van der Waals surface area contributed by atoms with Gasteiger partial charge in [-0.2, -0.15) is 13.2 Å². The summed E-state index contributed by atoms with van der Waals surface area (Å²) >= 11 is 1.72. The number of aromatic nitrogens is 3. The lowest BCUT2D eigenvalue weighted by Crippen LogP contribution is -2.42. The van der Waals surface area contributed by atoms with E-state index in [0.717, 1.165) is 27.7 Å². The van der Waals surface area contributed by atoms with Crippen LogP contribution in [-0.2, 0) is 29.1 Å². The van der Waals surface area contributed by atoms with E-state index in [1.54, 1.807) is 16.3 Å². The molecule has 4 aromatic rings. The second-order valence-electron chi connectivity index (χ2n) is 10.6. The summed E-state index contributed by atoms with van der Waals surface area (Å²) in [6, 6.07) is 20.1. The molecule has 2 aromatic heterocycles. The highest BCUT2D eigenvalue weighted by Crippen LogP contribution is 2.36. The van der Waals surface area contributed by atoms with E-state index < -0.39 is 12.1 Å². The minimum absolute atomic E-state index is 0.0486. The van der Waals surface area contributed by atoms with Crippen LogP contribution in [0.1, 0.15) is 42.6 Å². The van der Waals surface area contributed by atoms with Gasteiger partial charge in [0.2, 0.25) is 5.91 Å². The number of amides is 1. The fourth-order valence-electron chi connectivity index (χ4n) is 4.99. The van der Waals surface area contributed by atoms with Crippen LogP contribution in [0.5, 0.6) is 0 Å². The fourth-order valence-corrected chi connectivity index (χ4v) is 6.32. The van der Waals surface area contributed by atoms with Gasteiger partial charge in [0.05, 0.1) is 23.5 Å². The Kier molecular flexibility index (Phi) is 9.74. The Hall–Kier alpha value is -4.10. The average molecular weight is 628 g/mol. The predicted molar refractivity (Wildman–Crippen MR) is 161 cm³/mol. The zero-order chi connectivity index (χ0) is 31.3. The molecule has 2 aromatic carbocycles. The first kappa shape index (κ1) is 31.3. The number of aromatic amines is 1. The number of halogens is 3. The molecule has 3 heterocycles. The lowest BCUT2D eigenvalue weighted by atomic mass is 10.0. The molecule has 1 saturated carbocycles. The zero-order valence-electron chi connectivity index (χ0n) is 23.8. The van der Waals surface area contributed by atoms with Crippen LogP contribution in [0.3, 0.4) is 0 Å². The number of nitrogens with zero attached hydrogens (tertiary/aromatic N) is 3. The van der Waals surface area contributed by atoms with Crippen LogP contribution in [-0.4, -0.2) is 60.9 Å². The van der Waals surface area contributed by atoms with E-state index in [1.165, 1.54) is 24.6 Å². The van der Waals surface area contributed by atoms with Gasteiger partial charge >= 0.3 is 12.1 Å². The van der Waals surface area contributed by atoms with Crippen molar-refractivity contribution in [3.63, 3.8) is 0 Å². The molecule has 1 fully saturated rings. The van der Waals surface area contributed by atoms with Crippen LogP contribution in [0.15, 0.2) is 70.6 Å². The van der Waals surface area contributed by atoms with Crippen LogP contribution < -0.4 is 10.9 Å². The Morgan fingerprint density at radius 3 is 2.45 bits per heavy atom. The number of carboxylic acids is 1. The lowest BCUT2D eigenvalue weighted by molar-refractivity contribution is -0.192. The smallest absolute Gasteiger partial charge is 0.475 e. The third-order valence-corrected chi connectivity index (χ3v) is 8.84. The molecule has 2 aliphatic rings. The molecule has 6 rings (SSSR count). The van der Waals surface area contributed by atoms with E-state index in [2.05, 4.69) is 28.5 Å². The van der Waals surface area contributed by atoms with Gasteiger partial charge in [0.15, 0.2) is 5.16 Å². The number of para-hydroxylation sites is 2. The van der Waals surface area contributed by atoms with Crippen molar-refractivity contribution in [2.45, 2.75) is 61.8 Å². The molecule has 1 amide bonds. The van der Waals surface area contributed by atoms with Crippen molar-refractivity contribution in [3.05, 3.63) is 88.0 Å². The molecular formula is C31H32F3N5O4S. The van der Waals surface area contributed by atoms with Gasteiger partial charge in [-0.25, -0.2) is 9.78 Å². The largest absolute Gasteiger partial charge is 0.490 e. The Morgan fingerprint density at radius 1 is 1.09 bits per heavy atom. The number of fused-ring (bicyclic) bond motifs is 2. The normalized spacial score (nSPS) is 14.8. The number of alkyl halides is 3. The number of carbonyl (C=O) groups excluding carboxylic acids is 1. The number of thioether (sulfide) groups is 1. The Morgan fingerprint density at radius 2 is 1.80 bits per heavy atom. The summed E-state index contributed by atoms with van der Waals surface area (Å²) in [6.07, 6.45) is -0.490. The lowest BCUT2D eigenvalue weighted by Gasteiger charge is -2.30. The van der Waals surface area contributed by atoms with Crippen LogP contribution in [0.4, 0.5) is 13.2 Å². The van der Waals surface area contributed by atoms with Gasteiger partial charge in [-0.3, -0.25) is 14.2 Å². The number of hydrogen-bond acceptors (Lipinski definition) is 6. The molecular weight excluding hydrogens is 595 g/mol. The quantitative estimate of drug-likeness (QED) is 0.185. The number of hydrogen-bond donors (Lipinski definition) is 3. The van der Waals surface area contributed by atoms with Crippen molar-refractivity contribution in [3.8, 4) is 5.69 Å². The molecule has 0 spiro atoms. The van der Waals surface area contributed by atoms with E-state index in [9.17, 15) is 22.8 Å². The number of nitrogens with one attached hydrogen (secondary N) is 2. The van der Waals surface area contributed by atoms with Gasteiger partial charge in [-0.1, -0.05) is 54.6 Å². The third-order valence-electron chi connectivity index (χ3n) is 7.55. The Bertz CT molecular complexity index is 1650. The van der Waals surface area contributed by atoms with E-state index in [4.69, 9.17) is 14.9 Å². The minimum atomic E-state index is -5.08. The first-order chi connectivity index (χ1) is 21.1. The van der Waals surface area contributed by atoms with Crippen LogP contribution in [0, 0.1) is 0 Å². The molecule has 0 atom stereocenters. The summed E-state index contributed by atoms with van der Waals surface area (Å²) in [5, 5.41) is 13.0. The minimum Gasteiger partial charge on any atom is -0.475 e. The first-order valence-corrected chi connectivity index (χ1v) is 15.2. The Balaban J connectivity index is 0.000000493. The van der Waals surface area contributed by atoms with E-state index in [1.807, 2.05) is 47.4 Å². The van der Waals surface area contributed by atoms with E-state index in [0.29, 0.717) is 49.8 Å². The summed E-state index contributed by atoms with van der Waals surface area (Å²) in [5.74, 6) is -2.69. The number of H-pyrrole nitrogens is 1. The van der Waals surface area contributed by atoms with Crippen molar-refractivity contribution in [2.24, 2.45) is 0 Å². The van der Waals surface area contributed by atoms with Gasteiger partial charge in [-0.05, 0) is 42.5 Å². The third kappa shape index (κ3) is 7.51. The van der Waals surface area contributed by atoms with E-state index in [-0.39, 0.29) is 11.5 Å². The van der Waals surface area contributed by atoms with Gasteiger partial charge in [-0.15, -0.1) is 0 Å². The van der Waals surface area contributed by atoms with Crippen LogP contribution in [0.25, 0.3) is 16.6 Å². The maximum Gasteiger partial charge on any atom is 0.490 e. The highest BCUT2D eigenvalue weighted by molar-refractivity contribution is 7.99. The molecule has 9 nitrogen and oxygen atoms in total. The summed E-state index contributed by atoms with van der Waals surface area (Å²) in [6.45, 7) is 2.19. The SMILES string of the molecule is O=C(CCNCc1cc2ccccc2[nH]1)N1CCc2nc(SC3CCC3)n(-c3ccccc3)c(=O)c2C1.O=C(O)C(F)(F)F. The van der Waals surface area contributed by atoms with Gasteiger partial charge in [0.25, 0.3) is 5.56 Å². The molecule has 0 bridgehead atoms. The standard InChI is InChI=1S/C29H31N5O2S.C2HF3O2/c35-27(13-15-30-18-21-17-20-7-4-5-12-25(20)31-21)33-16-14-26-24(19-33)28(36)34(22-8-2-1-3-9-22)29(32-26)37-23-10-6-11-23;3-2(4,5)1(6)7/h1-5,7-9,12,17,23,30-31H,6,10-11,13-16,18-19H2;(H,6,7). The number of aliphatic carboxylic acids is 1. The number of carboxylic acid groups (broad SMARTS) is 1. The molecule has 0 radical (unpaired) electrons. The molecule has 1 aliphatic carbocycles. The van der Waals surface area contributed by atoms with Crippen molar-refractivity contribution < 1.29 is 27.9 Å². The van der Waals surface area contributed by atoms with Gasteiger partial charge in [0.1, 0.15) is 0 Å². The second-order valence-corrected chi connectivity index (χ2v) is 11.9. The van der Waals surface area contributed by atoms with Gasteiger partial charge in [0, 0.05) is 48.9 Å². The number of carbonyl (C=O) groups is 2.